The molecule has 90 valence electrons. The quantitative estimate of drug-likeness (QED) is 0.878. The number of hydrogen-bond acceptors (Lipinski definition) is 3. The minimum atomic E-state index is -0.00926. The number of carbonyl (C=O) groups excluding carboxylic acids is 1. The van der Waals surface area contributed by atoms with Crippen LogP contribution in [0.15, 0.2) is 24.4 Å². The van der Waals surface area contributed by atoms with Crippen LogP contribution in [0.2, 0.25) is 0 Å². The summed E-state index contributed by atoms with van der Waals surface area (Å²) in [5.41, 5.74) is 0.728. The molecule has 1 atom stereocenters. The standard InChI is InChI=1S/C12H16N4O/c1-3-6-9(2)11(17)13-12-15-14-10-7-4-5-8-16(10)12/h4-5,7-9H,3,6H2,1-2H3,(H,13,15,17). The Labute approximate surface area is 99.9 Å². The number of rotatable bonds is 4. The topological polar surface area (TPSA) is 59.3 Å². The summed E-state index contributed by atoms with van der Waals surface area (Å²) in [7, 11) is 0. The van der Waals surface area contributed by atoms with Crippen molar-refractivity contribution in [3.05, 3.63) is 24.4 Å². The van der Waals surface area contributed by atoms with Crippen LogP contribution in [-0.4, -0.2) is 20.5 Å². The first-order valence-corrected chi connectivity index (χ1v) is 5.83. The van der Waals surface area contributed by atoms with Gasteiger partial charge in [-0.15, -0.1) is 10.2 Å². The van der Waals surface area contributed by atoms with Gasteiger partial charge in [0, 0.05) is 12.1 Å². The zero-order valence-electron chi connectivity index (χ0n) is 10.1. The normalized spacial score (nSPS) is 12.6. The van der Waals surface area contributed by atoms with Crippen molar-refractivity contribution in [1.82, 2.24) is 14.6 Å². The van der Waals surface area contributed by atoms with E-state index in [1.165, 1.54) is 0 Å². The number of nitrogens with one attached hydrogen (secondary N) is 1. The van der Waals surface area contributed by atoms with Crippen LogP contribution < -0.4 is 5.32 Å². The Morgan fingerprint density at radius 3 is 3.06 bits per heavy atom. The summed E-state index contributed by atoms with van der Waals surface area (Å²) in [6.07, 6.45) is 3.70. The number of hydrogen-bond donors (Lipinski definition) is 1. The van der Waals surface area contributed by atoms with Crippen molar-refractivity contribution >= 4 is 17.5 Å². The lowest BCUT2D eigenvalue weighted by Crippen LogP contribution is -2.21. The number of nitrogens with zero attached hydrogens (tertiary/aromatic N) is 3. The van der Waals surface area contributed by atoms with E-state index in [9.17, 15) is 4.79 Å². The van der Waals surface area contributed by atoms with Crippen LogP contribution in [0.3, 0.4) is 0 Å². The van der Waals surface area contributed by atoms with Crippen molar-refractivity contribution in [2.45, 2.75) is 26.7 Å². The van der Waals surface area contributed by atoms with Crippen molar-refractivity contribution < 1.29 is 4.79 Å². The predicted molar refractivity (Wildman–Crippen MR) is 65.7 cm³/mol. The molecule has 0 spiro atoms. The lowest BCUT2D eigenvalue weighted by molar-refractivity contribution is -0.119. The highest BCUT2D eigenvalue weighted by Gasteiger charge is 2.14. The summed E-state index contributed by atoms with van der Waals surface area (Å²) in [6, 6.07) is 5.61. The van der Waals surface area contributed by atoms with E-state index < -0.39 is 0 Å². The molecule has 1 N–H and O–H groups in total. The van der Waals surface area contributed by atoms with Crippen molar-refractivity contribution in [1.29, 1.82) is 0 Å². The summed E-state index contributed by atoms with van der Waals surface area (Å²) < 4.78 is 1.76. The zero-order chi connectivity index (χ0) is 12.3. The summed E-state index contributed by atoms with van der Waals surface area (Å²) in [5.74, 6) is 0.467. The molecule has 0 fully saturated rings. The molecule has 1 amide bonds. The Balaban J connectivity index is 2.16. The molecule has 2 heterocycles. The van der Waals surface area contributed by atoms with Gasteiger partial charge in [-0.3, -0.25) is 14.5 Å². The molecule has 0 aromatic carbocycles. The molecule has 0 aliphatic rings. The summed E-state index contributed by atoms with van der Waals surface area (Å²) >= 11 is 0. The van der Waals surface area contributed by atoms with Crippen LogP contribution in [0.4, 0.5) is 5.95 Å². The molecule has 2 rings (SSSR count). The molecule has 0 saturated carbocycles. The van der Waals surface area contributed by atoms with E-state index in [1.807, 2.05) is 31.3 Å². The van der Waals surface area contributed by atoms with Gasteiger partial charge in [-0.1, -0.05) is 26.3 Å². The van der Waals surface area contributed by atoms with Crippen LogP contribution >= 0.6 is 0 Å². The molecular weight excluding hydrogens is 216 g/mol. The molecule has 5 nitrogen and oxygen atoms in total. The maximum atomic E-state index is 11.9. The van der Waals surface area contributed by atoms with Gasteiger partial charge in [-0.2, -0.15) is 0 Å². The first kappa shape index (κ1) is 11.6. The van der Waals surface area contributed by atoms with Gasteiger partial charge in [0.2, 0.25) is 11.9 Å². The molecule has 0 saturated heterocycles. The fraction of sp³-hybridized carbons (Fsp3) is 0.417. The van der Waals surface area contributed by atoms with E-state index in [2.05, 4.69) is 22.4 Å². The third-order valence-electron chi connectivity index (χ3n) is 2.72. The lowest BCUT2D eigenvalue weighted by Gasteiger charge is -2.09. The van der Waals surface area contributed by atoms with Crippen LogP contribution in [-0.2, 0) is 4.79 Å². The van der Waals surface area contributed by atoms with E-state index in [4.69, 9.17) is 0 Å². The number of amides is 1. The summed E-state index contributed by atoms with van der Waals surface area (Å²) in [6.45, 7) is 3.98. The van der Waals surface area contributed by atoms with Crippen molar-refractivity contribution in [3.8, 4) is 0 Å². The van der Waals surface area contributed by atoms with Crippen LogP contribution in [0.25, 0.3) is 5.65 Å². The van der Waals surface area contributed by atoms with Crippen molar-refractivity contribution in [2.75, 3.05) is 5.32 Å². The smallest absolute Gasteiger partial charge is 0.235 e. The maximum Gasteiger partial charge on any atom is 0.235 e. The highest BCUT2D eigenvalue weighted by atomic mass is 16.2. The minimum Gasteiger partial charge on any atom is -0.294 e. The largest absolute Gasteiger partial charge is 0.294 e. The Morgan fingerprint density at radius 1 is 1.47 bits per heavy atom. The van der Waals surface area contributed by atoms with Gasteiger partial charge in [0.1, 0.15) is 0 Å². The van der Waals surface area contributed by atoms with Gasteiger partial charge >= 0.3 is 0 Å². The molecule has 0 radical (unpaired) electrons. The van der Waals surface area contributed by atoms with Crippen LogP contribution in [0.5, 0.6) is 0 Å². The Morgan fingerprint density at radius 2 is 2.29 bits per heavy atom. The Hall–Kier alpha value is -1.91. The van der Waals surface area contributed by atoms with E-state index in [-0.39, 0.29) is 11.8 Å². The first-order chi connectivity index (χ1) is 8.22. The maximum absolute atomic E-state index is 11.9. The Bertz CT molecular complexity index is 520. The SMILES string of the molecule is CCCC(C)C(=O)Nc1nnc2ccccn12. The molecule has 2 aromatic heterocycles. The van der Waals surface area contributed by atoms with Gasteiger partial charge < -0.3 is 0 Å². The van der Waals surface area contributed by atoms with Gasteiger partial charge in [0.05, 0.1) is 0 Å². The number of carbonyl (C=O) groups is 1. The average Bonchev–Trinajstić information content (AvgIpc) is 2.73. The highest BCUT2D eigenvalue weighted by molar-refractivity contribution is 5.90. The second-order valence-electron chi connectivity index (χ2n) is 4.13. The number of pyridine rings is 1. The molecule has 0 bridgehead atoms. The second-order valence-corrected chi connectivity index (χ2v) is 4.13. The third kappa shape index (κ3) is 2.43. The van der Waals surface area contributed by atoms with E-state index in [0.717, 1.165) is 18.5 Å². The molecular formula is C12H16N4O. The first-order valence-electron chi connectivity index (χ1n) is 5.83. The molecule has 2 aromatic rings. The molecule has 1 unspecified atom stereocenters. The fourth-order valence-electron chi connectivity index (χ4n) is 1.72. The Kier molecular flexibility index (Phi) is 3.37. The van der Waals surface area contributed by atoms with Gasteiger partial charge in [0.25, 0.3) is 0 Å². The van der Waals surface area contributed by atoms with Gasteiger partial charge in [0.15, 0.2) is 5.65 Å². The van der Waals surface area contributed by atoms with E-state index >= 15 is 0 Å². The van der Waals surface area contributed by atoms with Crippen LogP contribution in [0.1, 0.15) is 26.7 Å². The summed E-state index contributed by atoms with van der Waals surface area (Å²) in [5, 5.41) is 10.7. The monoisotopic (exact) mass is 232 g/mol. The summed E-state index contributed by atoms with van der Waals surface area (Å²) in [4.78, 5) is 11.9. The second kappa shape index (κ2) is 4.95. The lowest BCUT2D eigenvalue weighted by atomic mass is 10.1. The fourth-order valence-corrected chi connectivity index (χ4v) is 1.72. The predicted octanol–water partition coefficient (Wildman–Crippen LogP) is 2.10. The van der Waals surface area contributed by atoms with Crippen LogP contribution in [0, 0.1) is 5.92 Å². The molecule has 17 heavy (non-hydrogen) atoms. The zero-order valence-corrected chi connectivity index (χ0v) is 10.1. The molecule has 0 aliphatic carbocycles. The van der Waals surface area contributed by atoms with Crippen molar-refractivity contribution in [3.63, 3.8) is 0 Å². The number of anilines is 1. The third-order valence-corrected chi connectivity index (χ3v) is 2.72. The van der Waals surface area contributed by atoms with Gasteiger partial charge in [-0.05, 0) is 18.6 Å². The molecule has 0 aliphatic heterocycles. The van der Waals surface area contributed by atoms with E-state index in [1.54, 1.807) is 4.40 Å². The van der Waals surface area contributed by atoms with Crippen molar-refractivity contribution in [2.24, 2.45) is 5.92 Å². The number of fused-ring (bicyclic) bond motifs is 1. The minimum absolute atomic E-state index is 0.00365. The number of aromatic nitrogens is 3. The highest BCUT2D eigenvalue weighted by Crippen LogP contribution is 2.11. The molecule has 5 heteroatoms. The average molecular weight is 232 g/mol. The van der Waals surface area contributed by atoms with E-state index in [0.29, 0.717) is 5.95 Å². The van der Waals surface area contributed by atoms with Gasteiger partial charge in [-0.25, -0.2) is 0 Å².